The van der Waals surface area contributed by atoms with Crippen LogP contribution in [0.25, 0.3) is 0 Å². The second-order valence-corrected chi connectivity index (χ2v) is 22.7. The van der Waals surface area contributed by atoms with Crippen molar-refractivity contribution in [1.82, 2.24) is 0 Å². The molecule has 0 aromatic heterocycles. The zero-order valence-electron chi connectivity index (χ0n) is 52.6. The number of carbonyl (C=O) groups excluding carboxylic acids is 2. The minimum atomic E-state index is -4.41. The number of unbranched alkanes of at least 4 members (excludes halogenated alkanes) is 21. The Balaban J connectivity index is 3.99. The van der Waals surface area contributed by atoms with Crippen LogP contribution >= 0.6 is 7.82 Å². The number of ether oxygens (including phenoxy) is 2. The molecule has 2 unspecified atom stereocenters. The lowest BCUT2D eigenvalue weighted by molar-refractivity contribution is -0.161. The van der Waals surface area contributed by atoms with E-state index in [0.29, 0.717) is 12.8 Å². The smallest absolute Gasteiger partial charge is 0.462 e. The summed E-state index contributed by atoms with van der Waals surface area (Å²) in [6.07, 6.45) is 97.4. The molecule has 0 amide bonds. The zero-order valence-corrected chi connectivity index (χ0v) is 53.5. The molecule has 0 aliphatic heterocycles. The number of esters is 2. The van der Waals surface area contributed by atoms with Gasteiger partial charge >= 0.3 is 19.8 Å². The van der Waals surface area contributed by atoms with Gasteiger partial charge in [0.1, 0.15) is 6.61 Å². The van der Waals surface area contributed by atoms with Crippen LogP contribution in [0.4, 0.5) is 0 Å². The molecule has 470 valence electrons. The molecule has 0 fully saturated rings. The number of hydrogen-bond donors (Lipinski definition) is 2. The molecule has 0 heterocycles. The average Bonchev–Trinajstić information content (AvgIpc) is 3.49. The van der Waals surface area contributed by atoms with Crippen LogP contribution in [0, 0.1) is 0 Å². The van der Waals surface area contributed by atoms with Gasteiger partial charge in [-0.15, -0.1) is 0 Å². The van der Waals surface area contributed by atoms with Crippen LogP contribution < -0.4 is 5.73 Å². The summed E-state index contributed by atoms with van der Waals surface area (Å²) in [4.78, 5) is 35.3. The molecule has 0 saturated heterocycles. The van der Waals surface area contributed by atoms with Crippen molar-refractivity contribution in [3.05, 3.63) is 158 Å². The number of rotatable bonds is 60. The fourth-order valence-electron chi connectivity index (χ4n) is 8.55. The van der Waals surface area contributed by atoms with Crippen molar-refractivity contribution in [3.8, 4) is 0 Å². The van der Waals surface area contributed by atoms with Crippen molar-refractivity contribution in [2.75, 3.05) is 26.4 Å². The molecule has 3 N–H and O–H groups in total. The lowest BCUT2D eigenvalue weighted by Crippen LogP contribution is -2.29. The third-order valence-electron chi connectivity index (χ3n) is 13.4. The van der Waals surface area contributed by atoms with E-state index >= 15 is 0 Å². The van der Waals surface area contributed by atoms with E-state index in [2.05, 4.69) is 172 Å². The van der Waals surface area contributed by atoms with Gasteiger partial charge in [0.15, 0.2) is 6.10 Å². The Morgan fingerprint density at radius 3 is 0.988 bits per heavy atom. The van der Waals surface area contributed by atoms with Gasteiger partial charge in [-0.25, -0.2) is 4.57 Å². The van der Waals surface area contributed by atoms with Crippen molar-refractivity contribution in [2.45, 2.75) is 264 Å². The van der Waals surface area contributed by atoms with E-state index in [-0.39, 0.29) is 32.6 Å². The SMILES string of the molecule is CC/C=C\C/C=C\C/C=C\C/C=C\C/C=C\C/C=C\C/C=C\C/C=C\C/C=C\C/C=C\CCCCCCCCCCCCC(=O)OC(COC(=O)CCCCCCCC/C=C\C/C=C\C/C=C\CCCCCCC)COP(=O)(O)OCCN. The third-order valence-corrected chi connectivity index (χ3v) is 14.4. The second kappa shape index (κ2) is 66.8. The maximum Gasteiger partial charge on any atom is 0.472 e. The van der Waals surface area contributed by atoms with Gasteiger partial charge in [0.25, 0.3) is 0 Å². The maximum absolute atomic E-state index is 12.7. The first kappa shape index (κ1) is 78.6. The lowest BCUT2D eigenvalue weighted by atomic mass is 10.0. The Bertz CT molecular complexity index is 1920. The Labute approximate surface area is 509 Å². The minimum absolute atomic E-state index is 0.0433. The summed E-state index contributed by atoms with van der Waals surface area (Å²) in [5.41, 5.74) is 5.39. The number of allylic oxidation sites excluding steroid dienone is 26. The highest BCUT2D eigenvalue weighted by Crippen LogP contribution is 2.43. The first-order valence-corrected chi connectivity index (χ1v) is 34.5. The molecule has 0 aliphatic rings. The molecular formula is C73H120NO8P. The highest BCUT2D eigenvalue weighted by atomic mass is 31.2. The van der Waals surface area contributed by atoms with Crippen LogP contribution in [-0.4, -0.2) is 49.3 Å². The highest BCUT2D eigenvalue weighted by molar-refractivity contribution is 7.47. The van der Waals surface area contributed by atoms with Gasteiger partial charge in [0.05, 0.1) is 13.2 Å². The largest absolute Gasteiger partial charge is 0.472 e. The van der Waals surface area contributed by atoms with E-state index in [1.807, 2.05) is 0 Å². The number of phosphoric acid groups is 1. The summed E-state index contributed by atoms with van der Waals surface area (Å²) >= 11 is 0. The van der Waals surface area contributed by atoms with Gasteiger partial charge in [-0.3, -0.25) is 18.6 Å². The molecule has 0 spiro atoms. The second-order valence-electron chi connectivity index (χ2n) is 21.2. The topological polar surface area (TPSA) is 134 Å². The summed E-state index contributed by atoms with van der Waals surface area (Å²) in [5, 5.41) is 0. The van der Waals surface area contributed by atoms with Crippen molar-refractivity contribution < 1.29 is 37.6 Å². The monoisotopic (exact) mass is 1170 g/mol. The molecule has 0 aromatic carbocycles. The minimum Gasteiger partial charge on any atom is -0.462 e. The van der Waals surface area contributed by atoms with Crippen LogP contribution in [-0.2, 0) is 32.7 Å². The Morgan fingerprint density at radius 2 is 0.663 bits per heavy atom. The van der Waals surface area contributed by atoms with Crippen molar-refractivity contribution >= 4 is 19.8 Å². The number of nitrogens with two attached hydrogens (primary N) is 1. The molecule has 0 saturated carbocycles. The standard InChI is InChI=1S/C73H120NO8P/c1-3-5-7-9-11-13-15-17-19-21-23-25-26-27-28-29-30-31-32-33-34-35-36-37-38-39-40-41-42-43-44-46-48-50-52-54-56-58-60-62-64-66-73(76)82-71(70-81-83(77,78)80-68-67-74)69-79-72(75)65-63-61-59-57-55-53-51-49-47-45-24-22-20-18-16-14-12-10-8-6-4-2/h5,7,11,13,16-19,22-25,27-28,30-31,33-34,36-37,39-40,42-43,47,49,71H,3-4,6,8-10,12,14-15,20-21,26,29,32,35,38,41,44-46,48,50-70,74H2,1-2H3,(H,77,78)/b7-5-,13-11-,18-16-,19-17-,24-22-,25-23-,28-27-,31-30-,34-33-,37-36-,40-39-,43-42-,49-47-. The molecular weight excluding hydrogens is 1050 g/mol. The zero-order chi connectivity index (χ0) is 60.1. The Morgan fingerprint density at radius 1 is 0.373 bits per heavy atom. The summed E-state index contributed by atoms with van der Waals surface area (Å²) in [5.74, 6) is -0.854. The number of hydrogen-bond acceptors (Lipinski definition) is 8. The summed E-state index contributed by atoms with van der Waals surface area (Å²) in [7, 11) is -4.41. The van der Waals surface area contributed by atoms with Gasteiger partial charge in [0.2, 0.25) is 0 Å². The molecule has 0 aromatic rings. The molecule has 10 heteroatoms. The fourth-order valence-corrected chi connectivity index (χ4v) is 9.32. The average molecular weight is 1170 g/mol. The van der Waals surface area contributed by atoms with Crippen LogP contribution in [0.2, 0.25) is 0 Å². The first-order valence-electron chi connectivity index (χ1n) is 33.0. The van der Waals surface area contributed by atoms with Gasteiger partial charge < -0.3 is 20.1 Å². The Hall–Kier alpha value is -4.37. The maximum atomic E-state index is 12.7. The summed E-state index contributed by atoms with van der Waals surface area (Å²) in [6, 6.07) is 0. The molecule has 83 heavy (non-hydrogen) atoms. The van der Waals surface area contributed by atoms with Crippen LogP contribution in [0.15, 0.2) is 158 Å². The third kappa shape index (κ3) is 66.6. The number of carbonyl (C=O) groups is 2. The van der Waals surface area contributed by atoms with Gasteiger partial charge in [0, 0.05) is 19.4 Å². The predicted octanol–water partition coefficient (Wildman–Crippen LogP) is 21.6. The van der Waals surface area contributed by atoms with E-state index in [1.54, 1.807) is 0 Å². The normalized spacial score (nSPS) is 14.0. The van der Waals surface area contributed by atoms with Gasteiger partial charge in [-0.2, -0.15) is 0 Å². The molecule has 0 aliphatic carbocycles. The predicted molar refractivity (Wildman–Crippen MR) is 357 cm³/mol. The fraction of sp³-hybridized carbons (Fsp3) is 0.616. The first-order chi connectivity index (χ1) is 40.8. The molecule has 2 atom stereocenters. The highest BCUT2D eigenvalue weighted by Gasteiger charge is 2.26. The quantitative estimate of drug-likeness (QED) is 0.0264. The molecule has 9 nitrogen and oxygen atoms in total. The van der Waals surface area contributed by atoms with E-state index in [0.717, 1.165) is 141 Å². The van der Waals surface area contributed by atoms with E-state index in [4.69, 9.17) is 24.3 Å². The number of phosphoric ester groups is 1. The molecule has 0 radical (unpaired) electrons. The van der Waals surface area contributed by atoms with Crippen molar-refractivity contribution in [1.29, 1.82) is 0 Å². The van der Waals surface area contributed by atoms with Gasteiger partial charge in [-0.05, 0) is 128 Å². The van der Waals surface area contributed by atoms with Crippen molar-refractivity contribution in [3.63, 3.8) is 0 Å². The summed E-state index contributed by atoms with van der Waals surface area (Å²) < 4.78 is 33.1. The van der Waals surface area contributed by atoms with Crippen LogP contribution in [0.3, 0.4) is 0 Å². The molecule has 0 bridgehead atoms. The van der Waals surface area contributed by atoms with Crippen molar-refractivity contribution in [2.24, 2.45) is 5.73 Å². The van der Waals surface area contributed by atoms with Crippen LogP contribution in [0.5, 0.6) is 0 Å². The Kier molecular flexibility index (Phi) is 63.3. The molecule has 0 rings (SSSR count). The lowest BCUT2D eigenvalue weighted by Gasteiger charge is -2.19. The van der Waals surface area contributed by atoms with E-state index in [9.17, 15) is 19.0 Å². The van der Waals surface area contributed by atoms with Gasteiger partial charge in [-0.1, -0.05) is 275 Å². The van der Waals surface area contributed by atoms with E-state index in [1.165, 1.54) is 77.0 Å². The van der Waals surface area contributed by atoms with Crippen LogP contribution in [0.1, 0.15) is 258 Å². The van der Waals surface area contributed by atoms with E-state index < -0.39 is 32.5 Å². The summed E-state index contributed by atoms with van der Waals surface area (Å²) in [6.45, 7) is 3.59.